The van der Waals surface area contributed by atoms with Crippen LogP contribution in [0.3, 0.4) is 0 Å². The molecule has 5 heteroatoms. The molecule has 2 nitrogen and oxygen atoms in total. The quantitative estimate of drug-likeness (QED) is 0.638. The molecule has 2 aromatic carbocycles. The number of halogens is 3. The van der Waals surface area contributed by atoms with Gasteiger partial charge in [-0.1, -0.05) is 46.3 Å². The second-order valence-electron chi connectivity index (χ2n) is 4.22. The predicted molar refractivity (Wildman–Crippen MR) is 92.8 cm³/mol. The van der Waals surface area contributed by atoms with Crippen LogP contribution >= 0.6 is 47.8 Å². The fourth-order valence-corrected chi connectivity index (χ4v) is 4.38. The van der Waals surface area contributed by atoms with Gasteiger partial charge in [0.15, 0.2) is 0 Å². The van der Waals surface area contributed by atoms with Crippen molar-refractivity contribution in [3.8, 4) is 6.07 Å². The number of hydrogen-bond acceptors (Lipinski definition) is 2. The van der Waals surface area contributed by atoms with Crippen LogP contribution in [-0.2, 0) is 0 Å². The van der Waals surface area contributed by atoms with Gasteiger partial charge in [-0.25, -0.2) is 0 Å². The van der Waals surface area contributed by atoms with E-state index in [0.29, 0.717) is 6.54 Å². The van der Waals surface area contributed by atoms with Gasteiger partial charge < -0.3 is 5.32 Å². The number of nitriles is 1. The zero-order valence-electron chi connectivity index (χ0n) is 10.4. The van der Waals surface area contributed by atoms with Gasteiger partial charge in [-0.05, 0) is 49.6 Å². The van der Waals surface area contributed by atoms with Crippen LogP contribution in [0.4, 0.5) is 5.69 Å². The summed E-state index contributed by atoms with van der Waals surface area (Å²) in [5.74, 6) is -0.182. The van der Waals surface area contributed by atoms with Crippen LogP contribution in [0.25, 0.3) is 0 Å². The standard InChI is InChI=1S/C15H11Br3N2/c16-12-6-13(17)15(14(18)7-12)20-9-11(8-19)10-4-2-1-3-5-10/h1-7,11,20H,9H2. The maximum absolute atomic E-state index is 9.32. The van der Waals surface area contributed by atoms with Crippen LogP contribution in [0.5, 0.6) is 0 Å². The highest BCUT2D eigenvalue weighted by Gasteiger charge is 2.12. The van der Waals surface area contributed by atoms with Crippen LogP contribution in [0.2, 0.25) is 0 Å². The monoisotopic (exact) mass is 456 g/mol. The zero-order chi connectivity index (χ0) is 14.5. The minimum atomic E-state index is -0.182. The molecule has 0 spiro atoms. The Morgan fingerprint density at radius 2 is 1.65 bits per heavy atom. The van der Waals surface area contributed by atoms with Gasteiger partial charge in [0.2, 0.25) is 0 Å². The Hall–Kier alpha value is -0.830. The van der Waals surface area contributed by atoms with E-state index >= 15 is 0 Å². The molecule has 0 fully saturated rings. The molecule has 0 radical (unpaired) electrons. The first-order valence-corrected chi connectivity index (χ1v) is 8.32. The summed E-state index contributed by atoms with van der Waals surface area (Å²) in [6.07, 6.45) is 0. The molecule has 1 atom stereocenters. The van der Waals surface area contributed by atoms with Crippen LogP contribution in [0.15, 0.2) is 55.9 Å². The van der Waals surface area contributed by atoms with E-state index in [1.807, 2.05) is 42.5 Å². The first-order chi connectivity index (χ1) is 9.61. The van der Waals surface area contributed by atoms with E-state index < -0.39 is 0 Å². The molecule has 20 heavy (non-hydrogen) atoms. The van der Waals surface area contributed by atoms with Gasteiger partial charge >= 0.3 is 0 Å². The molecule has 1 N–H and O–H groups in total. The van der Waals surface area contributed by atoms with Crippen molar-refractivity contribution >= 4 is 53.5 Å². The van der Waals surface area contributed by atoms with Crippen molar-refractivity contribution in [3.05, 3.63) is 61.4 Å². The third-order valence-electron chi connectivity index (χ3n) is 2.85. The summed E-state index contributed by atoms with van der Waals surface area (Å²) in [4.78, 5) is 0. The van der Waals surface area contributed by atoms with Gasteiger partial charge in [0.25, 0.3) is 0 Å². The van der Waals surface area contributed by atoms with Gasteiger partial charge in [0, 0.05) is 20.0 Å². The molecule has 102 valence electrons. The van der Waals surface area contributed by atoms with Gasteiger partial charge in [0.1, 0.15) is 0 Å². The maximum atomic E-state index is 9.32. The molecule has 1 unspecified atom stereocenters. The van der Waals surface area contributed by atoms with Crippen LogP contribution in [0, 0.1) is 11.3 Å². The first-order valence-electron chi connectivity index (χ1n) is 5.95. The van der Waals surface area contributed by atoms with E-state index in [4.69, 9.17) is 0 Å². The summed E-state index contributed by atoms with van der Waals surface area (Å²) in [7, 11) is 0. The molecule has 0 bridgehead atoms. The SMILES string of the molecule is N#CC(CNc1c(Br)cc(Br)cc1Br)c1ccccc1. The Kier molecular flexibility index (Phi) is 5.64. The van der Waals surface area contributed by atoms with Crippen molar-refractivity contribution in [2.75, 3.05) is 11.9 Å². The normalized spacial score (nSPS) is 11.7. The third kappa shape index (κ3) is 3.85. The highest BCUT2D eigenvalue weighted by Crippen LogP contribution is 2.34. The highest BCUT2D eigenvalue weighted by molar-refractivity contribution is 9.11. The first kappa shape index (κ1) is 15.6. The molecular formula is C15H11Br3N2. The van der Waals surface area contributed by atoms with Crippen molar-refractivity contribution in [2.24, 2.45) is 0 Å². The molecule has 0 saturated heterocycles. The van der Waals surface area contributed by atoms with Gasteiger partial charge in [-0.3, -0.25) is 0 Å². The van der Waals surface area contributed by atoms with Crippen molar-refractivity contribution < 1.29 is 0 Å². The summed E-state index contributed by atoms with van der Waals surface area (Å²) >= 11 is 10.5. The summed E-state index contributed by atoms with van der Waals surface area (Å²) in [6, 6.07) is 16.1. The lowest BCUT2D eigenvalue weighted by Gasteiger charge is -2.15. The van der Waals surface area contributed by atoms with Gasteiger partial charge in [0.05, 0.1) is 17.7 Å². The molecule has 2 rings (SSSR count). The molecule has 0 aliphatic carbocycles. The fraction of sp³-hybridized carbons (Fsp3) is 0.133. The molecule has 0 heterocycles. The molecule has 0 aliphatic rings. The van der Waals surface area contributed by atoms with E-state index in [-0.39, 0.29) is 5.92 Å². The topological polar surface area (TPSA) is 35.8 Å². The van der Waals surface area contributed by atoms with Crippen LogP contribution in [-0.4, -0.2) is 6.54 Å². The Morgan fingerprint density at radius 1 is 1.05 bits per heavy atom. The Labute approximate surface area is 143 Å². The Morgan fingerprint density at radius 3 is 2.20 bits per heavy atom. The number of benzene rings is 2. The largest absolute Gasteiger partial charge is 0.382 e. The lowest BCUT2D eigenvalue weighted by molar-refractivity contribution is 0.899. The maximum Gasteiger partial charge on any atom is 0.0885 e. The molecule has 2 aromatic rings. The van der Waals surface area contributed by atoms with Crippen molar-refractivity contribution in [1.82, 2.24) is 0 Å². The van der Waals surface area contributed by atoms with E-state index in [9.17, 15) is 5.26 Å². The summed E-state index contributed by atoms with van der Waals surface area (Å²) in [6.45, 7) is 0.555. The van der Waals surface area contributed by atoms with Crippen LogP contribution < -0.4 is 5.32 Å². The summed E-state index contributed by atoms with van der Waals surface area (Å²) in [5.41, 5.74) is 1.97. The average molecular weight is 459 g/mol. The Bertz CT molecular complexity index is 612. The minimum absolute atomic E-state index is 0.182. The second kappa shape index (κ2) is 7.26. The van der Waals surface area contributed by atoms with E-state index in [1.165, 1.54) is 0 Å². The predicted octanol–water partition coefficient (Wildman–Crippen LogP) is 5.69. The van der Waals surface area contributed by atoms with E-state index in [0.717, 1.165) is 24.7 Å². The van der Waals surface area contributed by atoms with Crippen molar-refractivity contribution in [2.45, 2.75) is 5.92 Å². The van der Waals surface area contributed by atoms with Crippen LogP contribution in [0.1, 0.15) is 11.5 Å². The van der Waals surface area contributed by atoms with Crippen molar-refractivity contribution in [1.29, 1.82) is 5.26 Å². The molecule has 0 aliphatic heterocycles. The lowest BCUT2D eigenvalue weighted by Crippen LogP contribution is -2.11. The zero-order valence-corrected chi connectivity index (χ0v) is 15.2. The average Bonchev–Trinajstić information content (AvgIpc) is 2.43. The van der Waals surface area contributed by atoms with Gasteiger partial charge in [-0.15, -0.1) is 0 Å². The molecule has 0 aromatic heterocycles. The summed E-state index contributed by atoms with van der Waals surface area (Å²) < 4.78 is 2.88. The van der Waals surface area contributed by atoms with Gasteiger partial charge in [-0.2, -0.15) is 5.26 Å². The molecule has 0 amide bonds. The number of hydrogen-bond donors (Lipinski definition) is 1. The minimum Gasteiger partial charge on any atom is -0.382 e. The molecular weight excluding hydrogens is 448 g/mol. The lowest BCUT2D eigenvalue weighted by atomic mass is 10.0. The highest BCUT2D eigenvalue weighted by atomic mass is 79.9. The number of rotatable bonds is 4. The molecule has 0 saturated carbocycles. The second-order valence-corrected chi connectivity index (χ2v) is 6.84. The fourth-order valence-electron chi connectivity index (χ4n) is 1.84. The van der Waals surface area contributed by atoms with E-state index in [1.54, 1.807) is 0 Å². The number of nitrogens with one attached hydrogen (secondary N) is 1. The number of nitrogens with zero attached hydrogens (tertiary/aromatic N) is 1. The smallest absolute Gasteiger partial charge is 0.0885 e. The summed E-state index contributed by atoms with van der Waals surface area (Å²) in [5, 5.41) is 12.6. The van der Waals surface area contributed by atoms with Crippen molar-refractivity contribution in [3.63, 3.8) is 0 Å². The van der Waals surface area contributed by atoms with E-state index in [2.05, 4.69) is 59.2 Å². The number of anilines is 1. The Balaban J connectivity index is 2.14. The third-order valence-corrected chi connectivity index (χ3v) is 4.56.